The summed E-state index contributed by atoms with van der Waals surface area (Å²) in [6, 6.07) is 13.0. The van der Waals surface area contributed by atoms with Gasteiger partial charge in [0.2, 0.25) is 0 Å². The number of benzene rings is 1. The van der Waals surface area contributed by atoms with Crippen molar-refractivity contribution in [1.82, 2.24) is 9.88 Å². The number of methoxy groups -OCH3 is 1. The summed E-state index contributed by atoms with van der Waals surface area (Å²) in [4.78, 5) is 18.6. The predicted molar refractivity (Wildman–Crippen MR) is 141 cm³/mol. The normalized spacial score (nSPS) is 16.3. The zero-order valence-electron chi connectivity index (χ0n) is 21.6. The average Bonchev–Trinajstić information content (AvgIpc) is 3.22. The van der Waals surface area contributed by atoms with Crippen molar-refractivity contribution in [3.05, 3.63) is 71.1 Å². The van der Waals surface area contributed by atoms with Crippen LogP contribution in [-0.4, -0.2) is 51.0 Å². The fraction of sp³-hybridized carbons (Fsp3) is 0.500. The van der Waals surface area contributed by atoms with E-state index in [1.54, 1.807) is 0 Å². The minimum Gasteiger partial charge on any atom is -0.466 e. The lowest BCUT2D eigenvalue weighted by Gasteiger charge is -2.37. The van der Waals surface area contributed by atoms with Crippen LogP contribution in [0.25, 0.3) is 6.08 Å². The Hall–Kier alpha value is -2.28. The fourth-order valence-corrected chi connectivity index (χ4v) is 5.23. The van der Waals surface area contributed by atoms with Crippen molar-refractivity contribution in [3.8, 4) is 0 Å². The first-order chi connectivity index (χ1) is 16.1. The Morgan fingerprint density at radius 3 is 2.68 bits per heavy atom. The van der Waals surface area contributed by atoms with Crippen LogP contribution in [0.4, 0.5) is 0 Å². The van der Waals surface area contributed by atoms with Gasteiger partial charge in [-0.15, -0.1) is 0 Å². The Morgan fingerprint density at radius 1 is 1.21 bits per heavy atom. The average molecular weight is 481 g/mol. The first-order valence-electron chi connectivity index (χ1n) is 12.3. The molecule has 0 fully saturated rings. The van der Waals surface area contributed by atoms with E-state index in [9.17, 15) is 4.79 Å². The van der Waals surface area contributed by atoms with Crippen molar-refractivity contribution in [2.24, 2.45) is 0 Å². The zero-order chi connectivity index (χ0) is 24.8. The van der Waals surface area contributed by atoms with Gasteiger partial charge in [0.1, 0.15) is 0 Å². The van der Waals surface area contributed by atoms with Crippen molar-refractivity contribution in [2.75, 3.05) is 26.8 Å². The molecule has 0 saturated heterocycles. The number of rotatable bonds is 10. The smallest absolute Gasteiger partial charge is 0.330 e. The predicted octanol–water partition coefficient (Wildman–Crippen LogP) is 5.82. The molecule has 0 radical (unpaired) electrons. The number of carbonyl (C=O) groups is 1. The second-order valence-corrected chi connectivity index (χ2v) is 15.4. The van der Waals surface area contributed by atoms with Crippen LogP contribution in [0.3, 0.4) is 0 Å². The highest BCUT2D eigenvalue weighted by molar-refractivity contribution is 6.74. The maximum Gasteiger partial charge on any atom is 0.330 e. The molecule has 0 spiro atoms. The highest BCUT2D eigenvalue weighted by atomic mass is 28.4. The molecule has 1 aromatic heterocycles. The summed E-state index contributed by atoms with van der Waals surface area (Å²) in [7, 11) is -0.386. The second kappa shape index (κ2) is 11.4. The maximum atomic E-state index is 11.5. The topological polar surface area (TPSA) is 51.7 Å². The van der Waals surface area contributed by atoms with Gasteiger partial charge in [-0.3, -0.25) is 9.88 Å². The maximum absolute atomic E-state index is 11.5. The van der Waals surface area contributed by atoms with Crippen molar-refractivity contribution in [3.63, 3.8) is 0 Å². The molecule has 184 valence electrons. The molecular weight excluding hydrogens is 440 g/mol. The van der Waals surface area contributed by atoms with Crippen molar-refractivity contribution in [1.29, 1.82) is 0 Å². The summed E-state index contributed by atoms with van der Waals surface area (Å²) in [5, 5.41) is 0.208. The van der Waals surface area contributed by atoms with E-state index in [2.05, 4.69) is 74.1 Å². The van der Waals surface area contributed by atoms with E-state index >= 15 is 0 Å². The van der Waals surface area contributed by atoms with Crippen LogP contribution in [0.2, 0.25) is 18.1 Å². The number of nitrogens with zero attached hydrogens (tertiary/aromatic N) is 2. The number of carbonyl (C=O) groups excluding carboxylic acids is 1. The third-order valence-corrected chi connectivity index (χ3v) is 11.8. The van der Waals surface area contributed by atoms with Crippen LogP contribution >= 0.6 is 0 Å². The lowest BCUT2D eigenvalue weighted by Crippen LogP contribution is -2.43. The minimum atomic E-state index is -1.78. The van der Waals surface area contributed by atoms with Crippen molar-refractivity contribution >= 4 is 20.4 Å². The number of esters is 1. The van der Waals surface area contributed by atoms with Gasteiger partial charge < -0.3 is 9.16 Å². The van der Waals surface area contributed by atoms with Gasteiger partial charge in [-0.25, -0.2) is 4.79 Å². The van der Waals surface area contributed by atoms with E-state index in [1.807, 2.05) is 18.3 Å². The molecule has 0 bridgehead atoms. The molecule has 1 aliphatic rings. The van der Waals surface area contributed by atoms with Crippen molar-refractivity contribution in [2.45, 2.75) is 64.2 Å². The van der Waals surface area contributed by atoms with Crippen LogP contribution < -0.4 is 0 Å². The lowest BCUT2D eigenvalue weighted by atomic mass is 10.0. The van der Waals surface area contributed by atoms with Gasteiger partial charge in [-0.05, 0) is 65.9 Å². The molecule has 0 saturated carbocycles. The molecule has 1 aliphatic carbocycles. The first kappa shape index (κ1) is 26.3. The fourth-order valence-electron chi connectivity index (χ4n) is 4.19. The van der Waals surface area contributed by atoms with Gasteiger partial charge in [0, 0.05) is 50.1 Å². The van der Waals surface area contributed by atoms with E-state index in [1.165, 1.54) is 24.3 Å². The monoisotopic (exact) mass is 480 g/mol. The number of hydrogen-bond acceptors (Lipinski definition) is 5. The molecule has 6 heteroatoms. The van der Waals surface area contributed by atoms with Crippen LogP contribution in [0.5, 0.6) is 0 Å². The second-order valence-electron chi connectivity index (χ2n) is 10.6. The molecule has 1 unspecified atom stereocenters. The number of hydrogen-bond donors (Lipinski definition) is 0. The Bertz CT molecular complexity index is 983. The number of aromatic nitrogens is 1. The molecule has 1 heterocycles. The van der Waals surface area contributed by atoms with Crippen LogP contribution in [0, 0.1) is 0 Å². The molecule has 1 aromatic carbocycles. The molecule has 3 rings (SSSR count). The summed E-state index contributed by atoms with van der Waals surface area (Å²) in [6.07, 6.45) is 8.24. The summed E-state index contributed by atoms with van der Waals surface area (Å²) in [5.74, 6) is -0.333. The minimum absolute atomic E-state index is 0.208. The van der Waals surface area contributed by atoms with Crippen LogP contribution in [-0.2, 0) is 26.8 Å². The van der Waals surface area contributed by atoms with Gasteiger partial charge >= 0.3 is 5.97 Å². The van der Waals surface area contributed by atoms with Gasteiger partial charge in [0.05, 0.1) is 7.11 Å². The molecule has 0 aliphatic heterocycles. The Labute approximate surface area is 206 Å². The lowest BCUT2D eigenvalue weighted by molar-refractivity contribution is -0.134. The number of aryl methyl sites for hydroxylation is 1. The molecule has 0 amide bonds. The third-order valence-electron chi connectivity index (χ3n) is 7.30. The summed E-state index contributed by atoms with van der Waals surface area (Å²) < 4.78 is 11.2. The standard InChI is InChI=1S/C28H40N2O3Si/c1-28(2,3)34(5,6)33-20-19-30(18-16-24-9-7-8-17-29-24)26-14-12-23-21-22(10-13-25(23)26)11-15-27(31)32-4/h7-11,13,15,17,21,26H,12,14,16,18-20H2,1-6H3. The summed E-state index contributed by atoms with van der Waals surface area (Å²) in [5.41, 5.74) is 4.92. The molecule has 1 atom stereocenters. The van der Waals surface area contributed by atoms with E-state index in [4.69, 9.17) is 9.16 Å². The van der Waals surface area contributed by atoms with E-state index in [0.29, 0.717) is 6.04 Å². The number of fused-ring (bicyclic) bond motifs is 1. The van der Waals surface area contributed by atoms with Crippen LogP contribution in [0.15, 0.2) is 48.7 Å². The highest BCUT2D eigenvalue weighted by Gasteiger charge is 2.37. The molecular formula is C28H40N2O3Si. The zero-order valence-corrected chi connectivity index (χ0v) is 22.6. The summed E-state index contributed by atoms with van der Waals surface area (Å²) in [6.45, 7) is 14.1. The molecule has 34 heavy (non-hydrogen) atoms. The van der Waals surface area contributed by atoms with E-state index in [0.717, 1.165) is 50.2 Å². The molecule has 2 aromatic rings. The Balaban J connectivity index is 1.74. The van der Waals surface area contributed by atoms with E-state index < -0.39 is 8.32 Å². The number of pyridine rings is 1. The van der Waals surface area contributed by atoms with Gasteiger partial charge in [0.15, 0.2) is 8.32 Å². The highest BCUT2D eigenvalue weighted by Crippen LogP contribution is 2.38. The first-order valence-corrected chi connectivity index (χ1v) is 15.2. The van der Waals surface area contributed by atoms with Gasteiger partial charge in [-0.1, -0.05) is 45.0 Å². The molecule has 0 N–H and O–H groups in total. The largest absolute Gasteiger partial charge is 0.466 e. The van der Waals surface area contributed by atoms with E-state index in [-0.39, 0.29) is 11.0 Å². The van der Waals surface area contributed by atoms with Crippen LogP contribution in [0.1, 0.15) is 55.6 Å². The Kier molecular flexibility index (Phi) is 8.85. The summed E-state index contributed by atoms with van der Waals surface area (Å²) >= 11 is 0. The third kappa shape index (κ3) is 6.87. The van der Waals surface area contributed by atoms with Crippen molar-refractivity contribution < 1.29 is 14.0 Å². The van der Waals surface area contributed by atoms with Gasteiger partial charge in [0.25, 0.3) is 0 Å². The Morgan fingerprint density at radius 2 is 2.00 bits per heavy atom. The molecule has 5 nitrogen and oxygen atoms in total. The SMILES string of the molecule is COC(=O)C=Cc1ccc2c(c1)CCC2N(CCO[Si](C)(C)C(C)(C)C)CCc1ccccn1. The quantitative estimate of drug-likeness (QED) is 0.244. The van der Waals surface area contributed by atoms with Gasteiger partial charge in [-0.2, -0.15) is 0 Å². The number of ether oxygens (including phenoxy) is 1.